The predicted octanol–water partition coefficient (Wildman–Crippen LogP) is 4.63. The van der Waals surface area contributed by atoms with E-state index in [1.807, 2.05) is 36.5 Å². The Labute approximate surface area is 170 Å². The summed E-state index contributed by atoms with van der Waals surface area (Å²) >= 11 is 0. The first-order valence-corrected chi connectivity index (χ1v) is 9.50. The number of nitrogens with one attached hydrogen (secondary N) is 2. The first kappa shape index (κ1) is 16.6. The van der Waals surface area contributed by atoms with Crippen molar-refractivity contribution in [3.05, 3.63) is 79.6 Å². The van der Waals surface area contributed by atoms with E-state index in [-0.39, 0.29) is 0 Å². The molecule has 142 valence electrons. The molecule has 7 heteroatoms. The average Bonchev–Trinajstić information content (AvgIpc) is 3.43. The number of fused-ring (bicyclic) bond motifs is 2. The lowest BCUT2D eigenvalue weighted by molar-refractivity contribution is 1.12. The van der Waals surface area contributed by atoms with Gasteiger partial charge in [-0.3, -0.25) is 25.0 Å². The van der Waals surface area contributed by atoms with Gasteiger partial charge in [-0.1, -0.05) is 6.07 Å². The minimum atomic E-state index is 0.825. The molecule has 0 aliphatic carbocycles. The summed E-state index contributed by atoms with van der Waals surface area (Å²) < 4.78 is 0. The molecule has 0 bridgehead atoms. The molecule has 2 N–H and O–H groups in total. The number of aromatic nitrogens is 7. The minimum Gasteiger partial charge on any atom is -0.353 e. The Bertz CT molecular complexity index is 1480. The second-order valence-corrected chi connectivity index (χ2v) is 6.97. The maximum absolute atomic E-state index is 4.58. The molecule has 0 radical (unpaired) electrons. The van der Waals surface area contributed by atoms with Crippen LogP contribution in [-0.4, -0.2) is 35.1 Å². The van der Waals surface area contributed by atoms with Crippen molar-refractivity contribution in [2.45, 2.75) is 0 Å². The largest absolute Gasteiger partial charge is 0.353 e. The third kappa shape index (κ3) is 2.64. The van der Waals surface area contributed by atoms with Crippen LogP contribution < -0.4 is 0 Å². The fourth-order valence-corrected chi connectivity index (χ4v) is 3.74. The summed E-state index contributed by atoms with van der Waals surface area (Å²) in [5.74, 6) is 0. The zero-order chi connectivity index (χ0) is 19.9. The summed E-state index contributed by atoms with van der Waals surface area (Å²) in [4.78, 5) is 20.9. The average molecular weight is 389 g/mol. The van der Waals surface area contributed by atoms with Crippen molar-refractivity contribution in [1.29, 1.82) is 0 Å². The van der Waals surface area contributed by atoms with Crippen molar-refractivity contribution in [3.8, 4) is 33.9 Å². The molecule has 6 aromatic rings. The number of benzene rings is 1. The van der Waals surface area contributed by atoms with Gasteiger partial charge in [0, 0.05) is 58.4 Å². The molecule has 0 fully saturated rings. The number of rotatable bonds is 3. The molecule has 0 aliphatic rings. The van der Waals surface area contributed by atoms with Crippen LogP contribution in [0.5, 0.6) is 0 Å². The molecule has 30 heavy (non-hydrogen) atoms. The highest BCUT2D eigenvalue weighted by atomic mass is 15.1. The first-order chi connectivity index (χ1) is 14.9. The highest BCUT2D eigenvalue weighted by molar-refractivity contribution is 6.00. The van der Waals surface area contributed by atoms with Crippen molar-refractivity contribution in [2.24, 2.45) is 0 Å². The van der Waals surface area contributed by atoms with Crippen LogP contribution in [-0.2, 0) is 0 Å². The Morgan fingerprint density at radius 2 is 1.60 bits per heavy atom. The lowest BCUT2D eigenvalue weighted by atomic mass is 10.1. The van der Waals surface area contributed by atoms with Crippen LogP contribution in [0.2, 0.25) is 0 Å². The van der Waals surface area contributed by atoms with E-state index in [4.69, 9.17) is 0 Å². The molecule has 0 spiro atoms. The zero-order valence-electron chi connectivity index (χ0n) is 15.7. The van der Waals surface area contributed by atoms with E-state index < -0.39 is 0 Å². The molecule has 5 heterocycles. The van der Waals surface area contributed by atoms with Crippen LogP contribution in [0.1, 0.15) is 0 Å². The molecule has 0 aliphatic heterocycles. The quantitative estimate of drug-likeness (QED) is 0.460. The number of hydrogen-bond donors (Lipinski definition) is 2. The summed E-state index contributed by atoms with van der Waals surface area (Å²) in [6.45, 7) is 0. The number of H-pyrrole nitrogens is 2. The van der Waals surface area contributed by atoms with Gasteiger partial charge in [0.25, 0.3) is 0 Å². The molecular weight excluding hydrogens is 374 g/mol. The summed E-state index contributed by atoms with van der Waals surface area (Å²) in [7, 11) is 0. The van der Waals surface area contributed by atoms with E-state index in [1.54, 1.807) is 31.0 Å². The topological polar surface area (TPSA) is 96.0 Å². The van der Waals surface area contributed by atoms with Crippen molar-refractivity contribution >= 4 is 21.8 Å². The zero-order valence-corrected chi connectivity index (χ0v) is 15.7. The lowest BCUT2D eigenvalue weighted by Crippen LogP contribution is -1.84. The van der Waals surface area contributed by atoms with Gasteiger partial charge < -0.3 is 4.98 Å². The number of pyridine rings is 2. The second-order valence-electron chi connectivity index (χ2n) is 6.97. The standard InChI is InChI=1S/C23H15N7/c1-2-15(12-24-6-1)22-17-11-20(28-18(17)5-7-27-22)23-16-10-14(3-4-19(16)29-30-23)21-13-25-8-9-26-21/h1-13,28H,(H,29,30). The Morgan fingerprint density at radius 1 is 0.667 bits per heavy atom. The number of nitrogens with zero attached hydrogens (tertiary/aromatic N) is 5. The van der Waals surface area contributed by atoms with Crippen molar-refractivity contribution in [3.63, 3.8) is 0 Å². The first-order valence-electron chi connectivity index (χ1n) is 9.50. The molecule has 6 rings (SSSR count). The van der Waals surface area contributed by atoms with E-state index in [2.05, 4.69) is 47.2 Å². The molecule has 0 saturated carbocycles. The van der Waals surface area contributed by atoms with Gasteiger partial charge in [-0.25, -0.2) is 0 Å². The van der Waals surface area contributed by atoms with Gasteiger partial charge in [-0.15, -0.1) is 0 Å². The SMILES string of the molecule is c1cncc(-c2nccc3[nH]c(-c4n[nH]c5ccc(-c6cnccn6)cc45)cc23)c1. The van der Waals surface area contributed by atoms with Crippen molar-refractivity contribution in [1.82, 2.24) is 35.1 Å². The third-order valence-corrected chi connectivity index (χ3v) is 5.16. The number of hydrogen-bond acceptors (Lipinski definition) is 5. The molecular formula is C23H15N7. The van der Waals surface area contributed by atoms with Gasteiger partial charge in [0.05, 0.1) is 28.8 Å². The molecule has 0 saturated heterocycles. The summed E-state index contributed by atoms with van der Waals surface area (Å²) in [5.41, 5.74) is 7.42. The van der Waals surface area contributed by atoms with Gasteiger partial charge in [0.15, 0.2) is 0 Å². The molecule has 0 unspecified atom stereocenters. The van der Waals surface area contributed by atoms with Gasteiger partial charge in [0.1, 0.15) is 5.69 Å². The molecule has 7 nitrogen and oxygen atoms in total. The highest BCUT2D eigenvalue weighted by Gasteiger charge is 2.15. The third-order valence-electron chi connectivity index (χ3n) is 5.16. The summed E-state index contributed by atoms with van der Waals surface area (Å²) in [5, 5.41) is 9.74. The molecule has 0 atom stereocenters. The smallest absolute Gasteiger partial charge is 0.116 e. The highest BCUT2D eigenvalue weighted by Crippen LogP contribution is 2.33. The molecule has 5 aromatic heterocycles. The van der Waals surface area contributed by atoms with E-state index in [1.165, 1.54) is 0 Å². The normalized spacial score (nSPS) is 11.3. The maximum atomic E-state index is 4.58. The molecule has 1 aromatic carbocycles. The number of aromatic amines is 2. The van der Waals surface area contributed by atoms with Crippen LogP contribution in [0.3, 0.4) is 0 Å². The van der Waals surface area contributed by atoms with E-state index in [0.717, 1.165) is 55.7 Å². The second kappa shape index (κ2) is 6.59. The Hall–Kier alpha value is -4.39. The Kier molecular flexibility index (Phi) is 3.64. The monoisotopic (exact) mass is 389 g/mol. The fourth-order valence-electron chi connectivity index (χ4n) is 3.74. The minimum absolute atomic E-state index is 0.825. The van der Waals surface area contributed by atoms with Gasteiger partial charge in [-0.05, 0) is 36.4 Å². The van der Waals surface area contributed by atoms with Crippen LogP contribution >= 0.6 is 0 Å². The Morgan fingerprint density at radius 3 is 2.47 bits per heavy atom. The van der Waals surface area contributed by atoms with Gasteiger partial charge in [0.2, 0.25) is 0 Å². The van der Waals surface area contributed by atoms with Gasteiger partial charge in [-0.2, -0.15) is 5.10 Å². The van der Waals surface area contributed by atoms with E-state index >= 15 is 0 Å². The predicted molar refractivity (Wildman–Crippen MR) is 115 cm³/mol. The van der Waals surface area contributed by atoms with E-state index in [9.17, 15) is 0 Å². The van der Waals surface area contributed by atoms with Crippen molar-refractivity contribution < 1.29 is 0 Å². The van der Waals surface area contributed by atoms with Crippen LogP contribution in [0, 0.1) is 0 Å². The lowest BCUT2D eigenvalue weighted by Gasteiger charge is -2.01. The molecule has 0 amide bonds. The summed E-state index contributed by atoms with van der Waals surface area (Å²) in [6, 6.07) is 14.1. The Balaban J connectivity index is 1.52. The fraction of sp³-hybridized carbons (Fsp3) is 0. The van der Waals surface area contributed by atoms with Crippen LogP contribution in [0.15, 0.2) is 79.6 Å². The summed E-state index contributed by atoms with van der Waals surface area (Å²) in [6.07, 6.45) is 10.5. The van der Waals surface area contributed by atoms with Crippen LogP contribution in [0.25, 0.3) is 55.7 Å². The van der Waals surface area contributed by atoms with Gasteiger partial charge >= 0.3 is 0 Å². The maximum Gasteiger partial charge on any atom is 0.116 e. The van der Waals surface area contributed by atoms with Crippen molar-refractivity contribution in [2.75, 3.05) is 0 Å². The van der Waals surface area contributed by atoms with E-state index in [0.29, 0.717) is 0 Å². The van der Waals surface area contributed by atoms with Crippen LogP contribution in [0.4, 0.5) is 0 Å².